The smallest absolute Gasteiger partial charge is 0.234 e. The molecule has 1 heterocycles. The lowest BCUT2D eigenvalue weighted by Gasteiger charge is -2.12. The zero-order chi connectivity index (χ0) is 19.7. The average Bonchev–Trinajstić information content (AvgIpc) is 2.99. The fraction of sp³-hybridized carbons (Fsp3) is 0.833. The van der Waals surface area contributed by atoms with Gasteiger partial charge in [0.25, 0.3) is 0 Å². The van der Waals surface area contributed by atoms with Crippen LogP contribution in [-0.4, -0.2) is 11.8 Å². The molecule has 0 aromatic heterocycles. The maximum absolute atomic E-state index is 12.1. The molecule has 1 unspecified atom stereocenters. The lowest BCUT2D eigenvalue weighted by molar-refractivity contribution is -0.125. The van der Waals surface area contributed by atoms with Crippen LogP contribution in [0.2, 0.25) is 0 Å². The van der Waals surface area contributed by atoms with Gasteiger partial charge in [-0.1, -0.05) is 103 Å². The Kier molecular flexibility index (Phi) is 14.1. The van der Waals surface area contributed by atoms with E-state index in [2.05, 4.69) is 25.2 Å². The Morgan fingerprint density at radius 2 is 1.33 bits per heavy atom. The third-order valence-electron chi connectivity index (χ3n) is 5.70. The minimum atomic E-state index is -0.192. The highest BCUT2D eigenvalue weighted by molar-refractivity contribution is 6.04. The molecule has 3 heteroatoms. The lowest BCUT2D eigenvalue weighted by atomic mass is 9.91. The Morgan fingerprint density at radius 1 is 0.815 bits per heavy atom. The number of imide groups is 1. The van der Waals surface area contributed by atoms with Crippen LogP contribution in [0.5, 0.6) is 0 Å². The predicted molar refractivity (Wildman–Crippen MR) is 115 cm³/mol. The Balaban J connectivity index is 2.28. The van der Waals surface area contributed by atoms with E-state index < -0.39 is 0 Å². The molecule has 1 rings (SSSR count). The van der Waals surface area contributed by atoms with Gasteiger partial charge in [-0.2, -0.15) is 0 Å². The first-order valence-electron chi connectivity index (χ1n) is 11.7. The van der Waals surface area contributed by atoms with Crippen molar-refractivity contribution in [1.82, 2.24) is 5.32 Å². The van der Waals surface area contributed by atoms with Crippen molar-refractivity contribution in [2.45, 2.75) is 123 Å². The Hall–Kier alpha value is -1.12. The van der Waals surface area contributed by atoms with E-state index in [4.69, 9.17) is 0 Å². The second-order valence-electron chi connectivity index (χ2n) is 8.23. The first-order valence-corrected chi connectivity index (χ1v) is 11.7. The highest BCUT2D eigenvalue weighted by Crippen LogP contribution is 2.26. The number of hydrogen-bond donors (Lipinski definition) is 1. The molecular weight excluding hydrogens is 334 g/mol. The van der Waals surface area contributed by atoms with Gasteiger partial charge in [0, 0.05) is 6.42 Å². The van der Waals surface area contributed by atoms with Gasteiger partial charge in [-0.15, -0.1) is 0 Å². The number of rotatable bonds is 17. The van der Waals surface area contributed by atoms with Crippen LogP contribution in [0.1, 0.15) is 123 Å². The van der Waals surface area contributed by atoms with Crippen molar-refractivity contribution < 1.29 is 9.59 Å². The van der Waals surface area contributed by atoms with Crippen LogP contribution < -0.4 is 5.32 Å². The topological polar surface area (TPSA) is 46.2 Å². The molecule has 1 aliphatic rings. The van der Waals surface area contributed by atoms with Crippen molar-refractivity contribution in [3.63, 3.8) is 0 Å². The molecule has 0 bridgehead atoms. The van der Waals surface area contributed by atoms with E-state index in [1.165, 1.54) is 89.0 Å². The van der Waals surface area contributed by atoms with Gasteiger partial charge in [0.15, 0.2) is 0 Å². The summed E-state index contributed by atoms with van der Waals surface area (Å²) in [5.74, 6) is -0.376. The van der Waals surface area contributed by atoms with Gasteiger partial charge in [-0.25, -0.2) is 0 Å². The quantitative estimate of drug-likeness (QED) is 0.171. The maximum Gasteiger partial charge on any atom is 0.234 e. The van der Waals surface area contributed by atoms with E-state index in [1.807, 2.05) is 0 Å². The number of unbranched alkanes of at least 4 members (excludes halogenated alkanes) is 13. The van der Waals surface area contributed by atoms with Gasteiger partial charge >= 0.3 is 0 Å². The van der Waals surface area contributed by atoms with Crippen LogP contribution in [0.15, 0.2) is 11.6 Å². The van der Waals surface area contributed by atoms with Gasteiger partial charge in [-0.05, 0) is 25.7 Å². The molecule has 1 aliphatic heterocycles. The summed E-state index contributed by atoms with van der Waals surface area (Å²) in [5.41, 5.74) is 1.22. The summed E-state index contributed by atoms with van der Waals surface area (Å²) in [6, 6.07) is 0. The first-order chi connectivity index (χ1) is 13.2. The summed E-state index contributed by atoms with van der Waals surface area (Å²) in [6.07, 6.45) is 22.9. The second kappa shape index (κ2) is 15.9. The number of carbonyl (C=O) groups excluding carboxylic acids is 2. The van der Waals surface area contributed by atoms with Crippen LogP contribution in [0.4, 0.5) is 0 Å². The highest BCUT2D eigenvalue weighted by atomic mass is 16.2. The van der Waals surface area contributed by atoms with Crippen molar-refractivity contribution >= 4 is 11.8 Å². The average molecular weight is 378 g/mol. The molecule has 2 amide bonds. The van der Waals surface area contributed by atoms with Crippen molar-refractivity contribution in [2.75, 3.05) is 0 Å². The molecule has 1 N–H and O–H groups in total. The number of allylic oxidation sites excluding steroid dienone is 1. The Bertz CT molecular complexity index is 442. The minimum absolute atomic E-state index is 0.0770. The molecule has 0 radical (unpaired) electrons. The molecule has 1 saturated heterocycles. The van der Waals surface area contributed by atoms with Crippen LogP contribution >= 0.6 is 0 Å². The van der Waals surface area contributed by atoms with E-state index in [-0.39, 0.29) is 17.7 Å². The second-order valence-corrected chi connectivity index (χ2v) is 8.23. The summed E-state index contributed by atoms with van der Waals surface area (Å²) in [7, 11) is 0. The first kappa shape index (κ1) is 23.9. The molecule has 27 heavy (non-hydrogen) atoms. The Labute approximate surface area is 167 Å². The number of carbonyl (C=O) groups is 2. The van der Waals surface area contributed by atoms with E-state index >= 15 is 0 Å². The molecule has 1 atom stereocenters. The number of hydrogen-bond acceptors (Lipinski definition) is 2. The summed E-state index contributed by atoms with van der Waals surface area (Å²) in [4.78, 5) is 23.6. The zero-order valence-electron chi connectivity index (χ0n) is 18.0. The van der Waals surface area contributed by atoms with Gasteiger partial charge < -0.3 is 0 Å². The van der Waals surface area contributed by atoms with Gasteiger partial charge in [0.2, 0.25) is 11.8 Å². The molecule has 1 fully saturated rings. The normalized spacial score (nSPS) is 17.6. The van der Waals surface area contributed by atoms with E-state index in [0.29, 0.717) is 6.42 Å². The minimum Gasteiger partial charge on any atom is -0.296 e. The monoisotopic (exact) mass is 377 g/mol. The van der Waals surface area contributed by atoms with Gasteiger partial charge in [-0.3, -0.25) is 14.9 Å². The van der Waals surface area contributed by atoms with Crippen LogP contribution in [0.3, 0.4) is 0 Å². The summed E-state index contributed by atoms with van der Waals surface area (Å²) in [6.45, 7) is 4.49. The van der Waals surface area contributed by atoms with Crippen LogP contribution in [0, 0.1) is 5.92 Å². The van der Waals surface area contributed by atoms with Crippen LogP contribution in [0.25, 0.3) is 0 Å². The van der Waals surface area contributed by atoms with Gasteiger partial charge in [0.1, 0.15) is 0 Å². The third-order valence-corrected chi connectivity index (χ3v) is 5.70. The molecule has 0 spiro atoms. The summed E-state index contributed by atoms with van der Waals surface area (Å²) >= 11 is 0. The molecular formula is C24H43NO2. The van der Waals surface area contributed by atoms with E-state index in [1.54, 1.807) is 0 Å². The SMILES string of the molecule is CCCCCCCCCCCC=C(CCCCCCC)C1CC(=O)NC1=O. The molecule has 0 aromatic rings. The fourth-order valence-electron chi connectivity index (χ4n) is 3.95. The van der Waals surface area contributed by atoms with Gasteiger partial charge in [0.05, 0.1) is 5.92 Å². The molecule has 0 saturated carbocycles. The van der Waals surface area contributed by atoms with Crippen molar-refractivity contribution in [3.8, 4) is 0 Å². The number of nitrogens with one attached hydrogen (secondary N) is 1. The third kappa shape index (κ3) is 11.3. The molecule has 156 valence electrons. The van der Waals surface area contributed by atoms with Crippen molar-refractivity contribution in [1.29, 1.82) is 0 Å². The van der Waals surface area contributed by atoms with E-state index in [0.717, 1.165) is 19.3 Å². The largest absolute Gasteiger partial charge is 0.296 e. The fourth-order valence-corrected chi connectivity index (χ4v) is 3.95. The zero-order valence-corrected chi connectivity index (χ0v) is 18.0. The predicted octanol–water partition coefficient (Wildman–Crippen LogP) is 6.86. The standard InChI is InChI=1S/C24H43NO2/c1-3-5-7-9-10-11-12-13-15-17-19-21(18-16-14-8-6-4-2)22-20-23(26)25-24(22)27/h19,22H,3-18,20H2,1-2H3,(H,25,26,27). The summed E-state index contributed by atoms with van der Waals surface area (Å²) < 4.78 is 0. The maximum atomic E-state index is 12.1. The van der Waals surface area contributed by atoms with Crippen molar-refractivity contribution in [3.05, 3.63) is 11.6 Å². The van der Waals surface area contributed by atoms with Crippen LogP contribution in [-0.2, 0) is 9.59 Å². The molecule has 0 aromatic carbocycles. The highest BCUT2D eigenvalue weighted by Gasteiger charge is 2.32. The summed E-state index contributed by atoms with van der Waals surface area (Å²) in [5, 5.41) is 2.48. The molecule has 0 aliphatic carbocycles. The Morgan fingerprint density at radius 3 is 1.85 bits per heavy atom. The lowest BCUT2D eigenvalue weighted by Crippen LogP contribution is -2.22. The van der Waals surface area contributed by atoms with Crippen molar-refractivity contribution in [2.24, 2.45) is 5.92 Å². The van der Waals surface area contributed by atoms with E-state index in [9.17, 15) is 9.59 Å². The number of amides is 2. The molecule has 3 nitrogen and oxygen atoms in total.